The molecule has 0 aliphatic carbocycles. The molecule has 9 heteroatoms. The summed E-state index contributed by atoms with van der Waals surface area (Å²) in [5, 5.41) is 12.8. The fourth-order valence-corrected chi connectivity index (χ4v) is 3.92. The van der Waals surface area contributed by atoms with Crippen molar-refractivity contribution < 1.29 is 9.53 Å². The predicted octanol–water partition coefficient (Wildman–Crippen LogP) is 4.76. The van der Waals surface area contributed by atoms with E-state index >= 15 is 0 Å². The van der Waals surface area contributed by atoms with Crippen molar-refractivity contribution >= 4 is 35.0 Å². The van der Waals surface area contributed by atoms with E-state index in [9.17, 15) is 4.79 Å². The fraction of sp³-hybridized carbons (Fsp3) is 0.136. The van der Waals surface area contributed by atoms with Gasteiger partial charge >= 0.3 is 0 Å². The van der Waals surface area contributed by atoms with E-state index in [0.29, 0.717) is 21.7 Å². The van der Waals surface area contributed by atoms with Gasteiger partial charge in [0.15, 0.2) is 5.82 Å². The normalized spacial score (nSPS) is 10.8. The number of hydrogen-bond donors (Lipinski definition) is 1. The average Bonchev–Trinajstić information content (AvgIpc) is 3.44. The third-order valence-electron chi connectivity index (χ3n) is 4.57. The van der Waals surface area contributed by atoms with Crippen LogP contribution in [0.25, 0.3) is 11.4 Å². The van der Waals surface area contributed by atoms with Crippen molar-refractivity contribution in [3.8, 4) is 17.1 Å². The van der Waals surface area contributed by atoms with Gasteiger partial charge in [0.1, 0.15) is 5.75 Å². The molecule has 2 heterocycles. The Balaban J connectivity index is 1.58. The van der Waals surface area contributed by atoms with E-state index in [4.69, 9.17) is 16.3 Å². The number of amides is 1. The smallest absolute Gasteiger partial charge is 0.234 e. The number of methoxy groups -OCH3 is 1. The molecule has 0 fully saturated rings. The number of anilines is 1. The predicted molar refractivity (Wildman–Crippen MR) is 123 cm³/mol. The zero-order valence-corrected chi connectivity index (χ0v) is 18.5. The first-order chi connectivity index (χ1) is 15.0. The van der Waals surface area contributed by atoms with Crippen LogP contribution in [0.5, 0.6) is 5.75 Å². The number of rotatable bonds is 7. The average molecular weight is 454 g/mol. The van der Waals surface area contributed by atoms with Gasteiger partial charge in [0.05, 0.1) is 12.9 Å². The number of aromatic nitrogens is 4. The Morgan fingerprint density at radius 2 is 1.94 bits per heavy atom. The van der Waals surface area contributed by atoms with Crippen LogP contribution in [0.4, 0.5) is 5.69 Å². The Labute approximate surface area is 189 Å². The van der Waals surface area contributed by atoms with Crippen LogP contribution in [0.3, 0.4) is 0 Å². The molecule has 0 radical (unpaired) electrons. The highest BCUT2D eigenvalue weighted by Crippen LogP contribution is 2.27. The summed E-state index contributed by atoms with van der Waals surface area (Å²) in [4.78, 5) is 12.6. The number of nitrogens with one attached hydrogen (secondary N) is 1. The van der Waals surface area contributed by atoms with Gasteiger partial charge in [0.2, 0.25) is 11.1 Å². The van der Waals surface area contributed by atoms with Crippen molar-refractivity contribution in [3.63, 3.8) is 0 Å². The third kappa shape index (κ3) is 4.76. The summed E-state index contributed by atoms with van der Waals surface area (Å²) in [6.07, 6.45) is 3.79. The number of carbonyl (C=O) groups excluding carboxylic acids is 1. The van der Waals surface area contributed by atoms with Gasteiger partial charge < -0.3 is 10.1 Å². The first kappa shape index (κ1) is 21.0. The topological polar surface area (TPSA) is 74.0 Å². The standard InChI is InChI=1S/C22H20ClN5O2S/c1-15-8-9-17(23)13-19(15)24-20(29)14-31-22-26-25-21(28(22)27-10-3-4-11-27)16-6-5-7-18(12-16)30-2/h3-13H,14H2,1-2H3,(H,24,29). The maximum Gasteiger partial charge on any atom is 0.234 e. The van der Waals surface area contributed by atoms with Crippen LogP contribution >= 0.6 is 23.4 Å². The van der Waals surface area contributed by atoms with Crippen LogP contribution in [0, 0.1) is 6.92 Å². The third-order valence-corrected chi connectivity index (χ3v) is 5.72. The van der Waals surface area contributed by atoms with Crippen LogP contribution in [0.15, 0.2) is 72.1 Å². The largest absolute Gasteiger partial charge is 0.497 e. The summed E-state index contributed by atoms with van der Waals surface area (Å²) >= 11 is 7.34. The van der Waals surface area contributed by atoms with Gasteiger partial charge in [-0.25, -0.2) is 4.68 Å². The first-order valence-electron chi connectivity index (χ1n) is 9.47. The van der Waals surface area contributed by atoms with Gasteiger partial charge in [-0.2, -0.15) is 0 Å². The summed E-state index contributed by atoms with van der Waals surface area (Å²) in [6, 6.07) is 16.8. The molecule has 4 aromatic rings. The monoisotopic (exact) mass is 453 g/mol. The highest BCUT2D eigenvalue weighted by Gasteiger charge is 2.18. The number of ether oxygens (including phenoxy) is 1. The van der Waals surface area contributed by atoms with Crippen LogP contribution in [0.1, 0.15) is 5.56 Å². The van der Waals surface area contributed by atoms with E-state index in [1.54, 1.807) is 19.2 Å². The summed E-state index contributed by atoms with van der Waals surface area (Å²) in [5.41, 5.74) is 2.49. The van der Waals surface area contributed by atoms with Crippen LogP contribution < -0.4 is 10.1 Å². The fourth-order valence-electron chi connectivity index (χ4n) is 3.01. The molecule has 0 aliphatic rings. The first-order valence-corrected chi connectivity index (χ1v) is 10.8. The maximum absolute atomic E-state index is 12.6. The molecule has 31 heavy (non-hydrogen) atoms. The highest BCUT2D eigenvalue weighted by atomic mass is 35.5. The Bertz CT molecular complexity index is 1210. The molecule has 0 bridgehead atoms. The molecule has 0 atom stereocenters. The minimum absolute atomic E-state index is 0.152. The molecule has 0 saturated carbocycles. The van der Waals surface area contributed by atoms with Crippen molar-refractivity contribution in [2.24, 2.45) is 0 Å². The lowest BCUT2D eigenvalue weighted by atomic mass is 10.2. The van der Waals surface area contributed by atoms with Gasteiger partial charge in [-0.15, -0.1) is 10.2 Å². The number of carbonyl (C=O) groups is 1. The van der Waals surface area contributed by atoms with Gasteiger partial charge in [0.25, 0.3) is 0 Å². The summed E-state index contributed by atoms with van der Waals surface area (Å²) in [5.74, 6) is 1.39. The van der Waals surface area contributed by atoms with Crippen LogP contribution in [0.2, 0.25) is 5.02 Å². The van der Waals surface area contributed by atoms with Crippen molar-refractivity contribution in [3.05, 3.63) is 77.6 Å². The van der Waals surface area contributed by atoms with Crippen molar-refractivity contribution in [2.75, 3.05) is 18.2 Å². The van der Waals surface area contributed by atoms with Gasteiger partial charge in [0, 0.05) is 28.7 Å². The highest BCUT2D eigenvalue weighted by molar-refractivity contribution is 7.99. The molecule has 2 aromatic heterocycles. The molecule has 1 amide bonds. The second-order valence-corrected chi connectivity index (χ2v) is 8.09. The second kappa shape index (κ2) is 9.28. The number of nitrogens with zero attached hydrogens (tertiary/aromatic N) is 4. The Hall–Kier alpha value is -3.23. The minimum Gasteiger partial charge on any atom is -0.497 e. The summed E-state index contributed by atoms with van der Waals surface area (Å²) in [6.45, 7) is 1.92. The number of benzene rings is 2. The minimum atomic E-state index is -0.152. The molecule has 0 saturated heterocycles. The van der Waals surface area contributed by atoms with E-state index in [2.05, 4.69) is 15.5 Å². The lowest BCUT2D eigenvalue weighted by Gasteiger charge is -2.12. The van der Waals surface area contributed by atoms with Crippen molar-refractivity contribution in [1.29, 1.82) is 0 Å². The lowest BCUT2D eigenvalue weighted by molar-refractivity contribution is -0.113. The molecule has 0 unspecified atom stereocenters. The molecule has 1 N–H and O–H groups in total. The summed E-state index contributed by atoms with van der Waals surface area (Å²) < 4.78 is 9.07. The van der Waals surface area contributed by atoms with E-state index in [-0.39, 0.29) is 11.7 Å². The van der Waals surface area contributed by atoms with Gasteiger partial charge in [-0.1, -0.05) is 41.6 Å². The van der Waals surface area contributed by atoms with E-state index in [1.165, 1.54) is 11.8 Å². The SMILES string of the molecule is COc1cccc(-c2nnc(SCC(=O)Nc3cc(Cl)ccc3C)n2-n2cccc2)c1. The van der Waals surface area contributed by atoms with E-state index in [1.807, 2.05) is 71.1 Å². The summed E-state index contributed by atoms with van der Waals surface area (Å²) in [7, 11) is 1.62. The van der Waals surface area contributed by atoms with Crippen molar-refractivity contribution in [2.45, 2.75) is 12.1 Å². The van der Waals surface area contributed by atoms with Crippen LogP contribution in [-0.2, 0) is 4.79 Å². The van der Waals surface area contributed by atoms with Crippen LogP contribution in [-0.4, -0.2) is 38.3 Å². The molecule has 2 aromatic carbocycles. The molecular weight excluding hydrogens is 434 g/mol. The number of halogens is 1. The van der Waals surface area contributed by atoms with Gasteiger partial charge in [-0.3, -0.25) is 9.47 Å². The second-order valence-electron chi connectivity index (χ2n) is 6.71. The lowest BCUT2D eigenvalue weighted by Crippen LogP contribution is -2.16. The molecule has 4 rings (SSSR count). The Morgan fingerprint density at radius 3 is 2.71 bits per heavy atom. The zero-order valence-electron chi connectivity index (χ0n) is 16.9. The number of hydrogen-bond acceptors (Lipinski definition) is 5. The van der Waals surface area contributed by atoms with E-state index in [0.717, 1.165) is 16.9 Å². The quantitative estimate of drug-likeness (QED) is 0.408. The molecule has 158 valence electrons. The number of thioether (sulfide) groups is 1. The molecule has 0 aliphatic heterocycles. The molecule has 0 spiro atoms. The number of aryl methyl sites for hydroxylation is 1. The Kier molecular flexibility index (Phi) is 6.29. The Morgan fingerprint density at radius 1 is 1.13 bits per heavy atom. The van der Waals surface area contributed by atoms with Gasteiger partial charge in [-0.05, 0) is 48.9 Å². The molecular formula is C22H20ClN5O2S. The maximum atomic E-state index is 12.6. The zero-order chi connectivity index (χ0) is 21.8. The van der Waals surface area contributed by atoms with Crippen molar-refractivity contribution in [1.82, 2.24) is 19.5 Å². The van der Waals surface area contributed by atoms with E-state index < -0.39 is 0 Å². The molecule has 7 nitrogen and oxygen atoms in total.